The molecule has 0 radical (unpaired) electrons. The smallest absolute Gasteiger partial charge is 0.263 e. The van der Waals surface area contributed by atoms with Crippen molar-refractivity contribution in [1.82, 2.24) is 4.98 Å². The Balaban J connectivity index is 1.77. The zero-order valence-electron chi connectivity index (χ0n) is 14.9. The Morgan fingerprint density at radius 3 is 2.31 bits per heavy atom. The van der Waals surface area contributed by atoms with Gasteiger partial charge >= 0.3 is 0 Å². The first-order valence-electron chi connectivity index (χ1n) is 8.23. The lowest BCUT2D eigenvalue weighted by Gasteiger charge is -2.11. The first-order valence-corrected chi connectivity index (χ1v) is 9.72. The van der Waals surface area contributed by atoms with Gasteiger partial charge in [0.1, 0.15) is 5.82 Å². The summed E-state index contributed by atoms with van der Waals surface area (Å²) in [5.74, 6) is 0.278. The molecule has 1 heterocycles. The predicted molar refractivity (Wildman–Crippen MR) is 105 cm³/mol. The van der Waals surface area contributed by atoms with Crippen LogP contribution in [0.4, 0.5) is 17.2 Å². The third-order valence-electron chi connectivity index (χ3n) is 3.94. The van der Waals surface area contributed by atoms with Gasteiger partial charge in [-0.1, -0.05) is 24.3 Å². The highest BCUT2D eigenvalue weighted by Gasteiger charge is 2.17. The van der Waals surface area contributed by atoms with Gasteiger partial charge in [-0.2, -0.15) is 0 Å². The van der Waals surface area contributed by atoms with Crippen molar-refractivity contribution in [3.05, 3.63) is 77.5 Å². The number of rotatable bonds is 5. The van der Waals surface area contributed by atoms with Crippen LogP contribution in [0.15, 0.2) is 65.7 Å². The zero-order chi connectivity index (χ0) is 18.7. The lowest BCUT2D eigenvalue weighted by Crippen LogP contribution is -2.15. The molecule has 0 fully saturated rings. The first-order chi connectivity index (χ1) is 12.3. The topological polar surface area (TPSA) is 71.1 Å². The second-order valence-corrected chi connectivity index (χ2v) is 7.95. The molecule has 0 bridgehead atoms. The van der Waals surface area contributed by atoms with Gasteiger partial charge in [-0.05, 0) is 67.8 Å². The molecular formula is C20H21N3O2S. The van der Waals surface area contributed by atoms with Crippen LogP contribution in [-0.4, -0.2) is 13.4 Å². The molecule has 26 heavy (non-hydrogen) atoms. The Morgan fingerprint density at radius 1 is 0.846 bits per heavy atom. The highest BCUT2D eigenvalue weighted by molar-refractivity contribution is 7.92. The number of sulfonamides is 1. The van der Waals surface area contributed by atoms with Crippen LogP contribution in [-0.2, 0) is 10.0 Å². The summed E-state index contributed by atoms with van der Waals surface area (Å²) in [5.41, 5.74) is 4.48. The quantitative estimate of drug-likeness (QED) is 0.694. The van der Waals surface area contributed by atoms with Crippen LogP contribution in [0.1, 0.15) is 16.7 Å². The molecule has 0 atom stereocenters. The van der Waals surface area contributed by atoms with Crippen LogP contribution in [0.2, 0.25) is 0 Å². The average molecular weight is 367 g/mol. The standard InChI is InChI=1S/C20H21N3O2S/c1-14-5-4-6-17(11-14)22-18-9-10-20(21-13-18)23-26(24,25)19-12-15(2)7-8-16(19)3/h4-13,22H,1-3H3,(H,21,23). The van der Waals surface area contributed by atoms with Gasteiger partial charge in [-0.25, -0.2) is 13.4 Å². The minimum atomic E-state index is -3.68. The van der Waals surface area contributed by atoms with E-state index in [2.05, 4.69) is 15.0 Å². The van der Waals surface area contributed by atoms with Crippen molar-refractivity contribution < 1.29 is 8.42 Å². The second kappa shape index (κ2) is 7.17. The van der Waals surface area contributed by atoms with Gasteiger partial charge in [0.2, 0.25) is 0 Å². The Morgan fingerprint density at radius 2 is 1.62 bits per heavy atom. The van der Waals surface area contributed by atoms with Gasteiger partial charge in [0.25, 0.3) is 10.0 Å². The summed E-state index contributed by atoms with van der Waals surface area (Å²) in [6.45, 7) is 5.66. The Kier molecular flexibility index (Phi) is 4.95. The molecule has 0 saturated carbocycles. The Hall–Kier alpha value is -2.86. The Bertz CT molecular complexity index is 1030. The van der Waals surface area contributed by atoms with Gasteiger partial charge in [-0.15, -0.1) is 0 Å². The highest BCUT2D eigenvalue weighted by atomic mass is 32.2. The molecule has 0 aliphatic rings. The van der Waals surface area contributed by atoms with Crippen LogP contribution in [0.25, 0.3) is 0 Å². The van der Waals surface area contributed by atoms with Gasteiger partial charge in [-0.3, -0.25) is 4.72 Å². The molecule has 0 unspecified atom stereocenters. The van der Waals surface area contributed by atoms with Gasteiger partial charge < -0.3 is 5.32 Å². The molecule has 3 rings (SSSR count). The molecule has 2 aromatic carbocycles. The number of nitrogens with zero attached hydrogens (tertiary/aromatic N) is 1. The summed E-state index contributed by atoms with van der Waals surface area (Å²) in [6.07, 6.45) is 1.60. The molecular weight excluding hydrogens is 346 g/mol. The third kappa shape index (κ3) is 4.21. The molecule has 2 N–H and O–H groups in total. The number of nitrogens with one attached hydrogen (secondary N) is 2. The predicted octanol–water partition coefficient (Wildman–Crippen LogP) is 4.55. The summed E-state index contributed by atoms with van der Waals surface area (Å²) in [6, 6.07) is 16.8. The van der Waals surface area contributed by atoms with E-state index in [9.17, 15) is 8.42 Å². The molecule has 0 saturated heterocycles. The van der Waals surface area contributed by atoms with Gasteiger partial charge in [0, 0.05) is 5.69 Å². The van der Waals surface area contributed by atoms with E-state index >= 15 is 0 Å². The maximum Gasteiger partial charge on any atom is 0.263 e. The number of benzene rings is 2. The lowest BCUT2D eigenvalue weighted by molar-refractivity contribution is 0.600. The molecule has 1 aromatic heterocycles. The minimum Gasteiger partial charge on any atom is -0.354 e. The van der Waals surface area contributed by atoms with Crippen LogP contribution in [0.3, 0.4) is 0 Å². The van der Waals surface area contributed by atoms with Crippen molar-refractivity contribution in [2.75, 3.05) is 10.0 Å². The van der Waals surface area contributed by atoms with E-state index in [1.54, 1.807) is 37.4 Å². The monoisotopic (exact) mass is 367 g/mol. The summed E-state index contributed by atoms with van der Waals surface area (Å²) in [4.78, 5) is 4.47. The van der Waals surface area contributed by atoms with E-state index in [1.807, 2.05) is 44.2 Å². The fourth-order valence-electron chi connectivity index (χ4n) is 2.61. The van der Waals surface area contributed by atoms with Crippen molar-refractivity contribution >= 4 is 27.2 Å². The average Bonchev–Trinajstić information content (AvgIpc) is 2.58. The second-order valence-electron chi connectivity index (χ2n) is 6.30. The van der Waals surface area contributed by atoms with E-state index in [-0.39, 0.29) is 10.7 Å². The minimum absolute atomic E-state index is 0.265. The summed E-state index contributed by atoms with van der Waals surface area (Å²) in [7, 11) is -3.68. The fourth-order valence-corrected chi connectivity index (χ4v) is 3.95. The van der Waals surface area contributed by atoms with Crippen LogP contribution in [0.5, 0.6) is 0 Å². The van der Waals surface area contributed by atoms with E-state index < -0.39 is 10.0 Å². The van der Waals surface area contributed by atoms with Crippen LogP contribution >= 0.6 is 0 Å². The molecule has 0 amide bonds. The number of pyridine rings is 1. The van der Waals surface area contributed by atoms with Crippen molar-refractivity contribution in [3.63, 3.8) is 0 Å². The summed E-state index contributed by atoms with van der Waals surface area (Å²) in [5, 5.41) is 3.24. The summed E-state index contributed by atoms with van der Waals surface area (Å²) >= 11 is 0. The number of hydrogen-bond acceptors (Lipinski definition) is 4. The molecule has 0 aliphatic carbocycles. The van der Waals surface area contributed by atoms with Gasteiger partial charge in [0.05, 0.1) is 16.8 Å². The normalized spacial score (nSPS) is 11.2. The highest BCUT2D eigenvalue weighted by Crippen LogP contribution is 2.22. The number of aryl methyl sites for hydroxylation is 3. The van der Waals surface area contributed by atoms with Gasteiger partial charge in [0.15, 0.2) is 0 Å². The molecule has 5 nitrogen and oxygen atoms in total. The largest absolute Gasteiger partial charge is 0.354 e. The number of hydrogen-bond donors (Lipinski definition) is 2. The van der Waals surface area contributed by atoms with E-state index in [0.717, 1.165) is 22.5 Å². The molecule has 0 spiro atoms. The van der Waals surface area contributed by atoms with E-state index in [4.69, 9.17) is 0 Å². The maximum absolute atomic E-state index is 12.6. The molecule has 6 heteroatoms. The molecule has 0 aliphatic heterocycles. The fraction of sp³-hybridized carbons (Fsp3) is 0.150. The molecule has 3 aromatic rings. The SMILES string of the molecule is Cc1cccc(Nc2ccc(NS(=O)(=O)c3cc(C)ccc3C)nc2)c1. The Labute approximate surface area is 154 Å². The zero-order valence-corrected chi connectivity index (χ0v) is 15.8. The van der Waals surface area contributed by atoms with Crippen molar-refractivity contribution in [2.45, 2.75) is 25.7 Å². The summed E-state index contributed by atoms with van der Waals surface area (Å²) < 4.78 is 27.8. The number of aromatic nitrogens is 1. The van der Waals surface area contributed by atoms with E-state index in [1.165, 1.54) is 0 Å². The van der Waals surface area contributed by atoms with Crippen LogP contribution in [0, 0.1) is 20.8 Å². The molecule has 134 valence electrons. The lowest BCUT2D eigenvalue weighted by atomic mass is 10.2. The maximum atomic E-state index is 12.6. The number of anilines is 3. The first kappa shape index (κ1) is 17.9. The van der Waals surface area contributed by atoms with Crippen molar-refractivity contribution in [1.29, 1.82) is 0 Å². The van der Waals surface area contributed by atoms with Crippen molar-refractivity contribution in [2.24, 2.45) is 0 Å². The van der Waals surface area contributed by atoms with Crippen LogP contribution < -0.4 is 10.0 Å². The van der Waals surface area contributed by atoms with Crippen molar-refractivity contribution in [3.8, 4) is 0 Å². The third-order valence-corrected chi connectivity index (χ3v) is 5.44. The van der Waals surface area contributed by atoms with E-state index in [0.29, 0.717) is 5.56 Å².